The first-order valence-electron chi connectivity index (χ1n) is 4.18. The second kappa shape index (κ2) is 4.21. The lowest BCUT2D eigenvalue weighted by atomic mass is 10.1. The van der Waals surface area contributed by atoms with Gasteiger partial charge in [0.15, 0.2) is 0 Å². The van der Waals surface area contributed by atoms with Crippen LogP contribution in [0, 0.1) is 0 Å². The minimum atomic E-state index is -0.0851. The zero-order valence-corrected chi connectivity index (χ0v) is 9.75. The van der Waals surface area contributed by atoms with Crippen molar-refractivity contribution in [1.29, 1.82) is 0 Å². The van der Waals surface area contributed by atoms with Crippen molar-refractivity contribution in [1.82, 2.24) is 4.98 Å². The van der Waals surface area contributed by atoms with Crippen LogP contribution >= 0.6 is 27.3 Å². The Morgan fingerprint density at radius 2 is 2.21 bits per heavy atom. The Morgan fingerprint density at radius 1 is 1.36 bits per heavy atom. The van der Waals surface area contributed by atoms with Crippen LogP contribution in [0.15, 0.2) is 40.4 Å². The number of thiophene rings is 1. The minimum absolute atomic E-state index is 0.0851. The zero-order chi connectivity index (χ0) is 9.97. The van der Waals surface area contributed by atoms with Crippen LogP contribution in [0.3, 0.4) is 0 Å². The largest absolute Gasteiger partial charge is 0.320 e. The van der Waals surface area contributed by atoms with E-state index in [0.717, 1.165) is 15.0 Å². The fraction of sp³-hybridized carbons (Fsp3) is 0.100. The van der Waals surface area contributed by atoms with Crippen LogP contribution in [-0.2, 0) is 0 Å². The van der Waals surface area contributed by atoms with E-state index in [1.165, 1.54) is 0 Å². The molecule has 0 aliphatic rings. The van der Waals surface area contributed by atoms with Gasteiger partial charge < -0.3 is 5.73 Å². The summed E-state index contributed by atoms with van der Waals surface area (Å²) in [7, 11) is 0. The highest BCUT2D eigenvalue weighted by Crippen LogP contribution is 2.27. The average molecular weight is 269 g/mol. The van der Waals surface area contributed by atoms with E-state index < -0.39 is 0 Å². The molecule has 0 spiro atoms. The highest BCUT2D eigenvalue weighted by Gasteiger charge is 2.12. The number of nitrogens with zero attached hydrogens (tertiary/aromatic N) is 1. The summed E-state index contributed by atoms with van der Waals surface area (Å²) >= 11 is 5.06. The topological polar surface area (TPSA) is 38.9 Å². The summed E-state index contributed by atoms with van der Waals surface area (Å²) < 4.78 is 0.820. The predicted octanol–water partition coefficient (Wildman–Crippen LogP) is 2.95. The van der Waals surface area contributed by atoms with E-state index in [4.69, 9.17) is 5.73 Å². The molecule has 1 atom stereocenters. The number of halogens is 1. The number of hydrogen-bond donors (Lipinski definition) is 1. The minimum Gasteiger partial charge on any atom is -0.320 e. The van der Waals surface area contributed by atoms with Gasteiger partial charge in [0.1, 0.15) is 4.60 Å². The molecule has 2 aromatic rings. The molecule has 0 unspecified atom stereocenters. The Kier molecular flexibility index (Phi) is 2.96. The lowest BCUT2D eigenvalue weighted by molar-refractivity contribution is 0.874. The maximum Gasteiger partial charge on any atom is 0.111 e. The summed E-state index contributed by atoms with van der Waals surface area (Å²) in [6, 6.07) is 7.84. The van der Waals surface area contributed by atoms with E-state index in [0.29, 0.717) is 0 Å². The maximum absolute atomic E-state index is 6.10. The molecular formula is C10H9BrN2S. The molecule has 0 aliphatic carbocycles. The molecule has 0 saturated carbocycles. The van der Waals surface area contributed by atoms with E-state index in [9.17, 15) is 0 Å². The number of pyridine rings is 1. The van der Waals surface area contributed by atoms with Gasteiger partial charge in [-0.25, -0.2) is 4.98 Å². The number of hydrogen-bond acceptors (Lipinski definition) is 3. The van der Waals surface area contributed by atoms with Crippen molar-refractivity contribution in [2.75, 3.05) is 0 Å². The molecule has 4 heteroatoms. The van der Waals surface area contributed by atoms with Gasteiger partial charge in [0.05, 0.1) is 6.04 Å². The fourth-order valence-corrected chi connectivity index (χ4v) is 2.49. The first-order chi connectivity index (χ1) is 6.79. The summed E-state index contributed by atoms with van der Waals surface area (Å²) in [5, 5.41) is 2.03. The highest BCUT2D eigenvalue weighted by atomic mass is 79.9. The van der Waals surface area contributed by atoms with E-state index in [-0.39, 0.29) is 6.04 Å². The second-order valence-corrected chi connectivity index (χ2v) is 4.61. The van der Waals surface area contributed by atoms with Crippen LogP contribution in [0.4, 0.5) is 0 Å². The van der Waals surface area contributed by atoms with Crippen molar-refractivity contribution in [3.8, 4) is 0 Å². The standard InChI is InChI=1S/C10H9BrN2S/c11-10-7(3-1-5-13-10)9(12)8-4-2-6-14-8/h1-6,9H,12H2/t9-/m1/s1. The van der Waals surface area contributed by atoms with Gasteiger partial charge in [-0.3, -0.25) is 0 Å². The molecule has 72 valence electrons. The molecular weight excluding hydrogens is 260 g/mol. The Morgan fingerprint density at radius 3 is 2.86 bits per heavy atom. The molecule has 14 heavy (non-hydrogen) atoms. The van der Waals surface area contributed by atoms with Crippen molar-refractivity contribution in [3.05, 3.63) is 50.9 Å². The first kappa shape index (κ1) is 9.83. The van der Waals surface area contributed by atoms with Crippen LogP contribution in [0.2, 0.25) is 0 Å². The molecule has 2 heterocycles. The number of nitrogens with two attached hydrogens (primary N) is 1. The molecule has 0 fully saturated rings. The Hall–Kier alpha value is -0.710. The van der Waals surface area contributed by atoms with Gasteiger partial charge in [0.25, 0.3) is 0 Å². The molecule has 0 aromatic carbocycles. The molecule has 0 saturated heterocycles. The molecule has 2 aromatic heterocycles. The Bertz CT molecular complexity index is 414. The monoisotopic (exact) mass is 268 g/mol. The zero-order valence-electron chi connectivity index (χ0n) is 7.35. The quantitative estimate of drug-likeness (QED) is 0.851. The summed E-state index contributed by atoms with van der Waals surface area (Å²) in [5.41, 5.74) is 7.13. The van der Waals surface area contributed by atoms with E-state index >= 15 is 0 Å². The smallest absolute Gasteiger partial charge is 0.111 e. The first-order valence-corrected chi connectivity index (χ1v) is 5.85. The SMILES string of the molecule is N[C@@H](c1cccs1)c1cccnc1Br. The van der Waals surface area contributed by atoms with Gasteiger partial charge in [-0.15, -0.1) is 11.3 Å². The van der Waals surface area contributed by atoms with Crippen molar-refractivity contribution in [3.63, 3.8) is 0 Å². The Balaban J connectivity index is 2.37. The molecule has 0 aliphatic heterocycles. The summed E-state index contributed by atoms with van der Waals surface area (Å²) in [5.74, 6) is 0. The van der Waals surface area contributed by atoms with Crippen molar-refractivity contribution >= 4 is 27.3 Å². The van der Waals surface area contributed by atoms with Crippen molar-refractivity contribution in [2.45, 2.75) is 6.04 Å². The molecule has 0 amide bonds. The van der Waals surface area contributed by atoms with E-state index in [1.807, 2.05) is 29.6 Å². The third-order valence-corrected chi connectivity index (χ3v) is 3.59. The van der Waals surface area contributed by atoms with Gasteiger partial charge in [-0.2, -0.15) is 0 Å². The molecule has 2 rings (SSSR count). The van der Waals surface area contributed by atoms with Crippen LogP contribution in [-0.4, -0.2) is 4.98 Å². The fourth-order valence-electron chi connectivity index (χ4n) is 1.25. The van der Waals surface area contributed by atoms with E-state index in [1.54, 1.807) is 17.5 Å². The van der Waals surface area contributed by atoms with Gasteiger partial charge >= 0.3 is 0 Å². The molecule has 0 radical (unpaired) electrons. The third kappa shape index (κ3) is 1.87. The van der Waals surface area contributed by atoms with Crippen LogP contribution in [0.1, 0.15) is 16.5 Å². The lowest BCUT2D eigenvalue weighted by Gasteiger charge is -2.10. The highest BCUT2D eigenvalue weighted by molar-refractivity contribution is 9.10. The van der Waals surface area contributed by atoms with Crippen LogP contribution in [0.5, 0.6) is 0 Å². The third-order valence-electron chi connectivity index (χ3n) is 1.97. The van der Waals surface area contributed by atoms with Gasteiger partial charge in [-0.1, -0.05) is 12.1 Å². The Labute approximate surface area is 94.9 Å². The van der Waals surface area contributed by atoms with Gasteiger partial charge in [0, 0.05) is 16.6 Å². The van der Waals surface area contributed by atoms with Crippen molar-refractivity contribution < 1.29 is 0 Å². The summed E-state index contributed by atoms with van der Waals surface area (Å²) in [4.78, 5) is 5.30. The predicted molar refractivity (Wildman–Crippen MR) is 62.3 cm³/mol. The van der Waals surface area contributed by atoms with Crippen LogP contribution in [0.25, 0.3) is 0 Å². The van der Waals surface area contributed by atoms with Gasteiger partial charge in [0.2, 0.25) is 0 Å². The summed E-state index contributed by atoms with van der Waals surface area (Å²) in [6.07, 6.45) is 1.74. The molecule has 2 nitrogen and oxygen atoms in total. The van der Waals surface area contributed by atoms with Gasteiger partial charge in [-0.05, 0) is 33.4 Å². The molecule has 2 N–H and O–H groups in total. The lowest BCUT2D eigenvalue weighted by Crippen LogP contribution is -2.11. The number of rotatable bonds is 2. The molecule has 0 bridgehead atoms. The maximum atomic E-state index is 6.10. The van der Waals surface area contributed by atoms with Crippen molar-refractivity contribution in [2.24, 2.45) is 5.73 Å². The van der Waals surface area contributed by atoms with Crippen LogP contribution < -0.4 is 5.73 Å². The normalized spacial score (nSPS) is 12.7. The summed E-state index contributed by atoms with van der Waals surface area (Å²) in [6.45, 7) is 0. The second-order valence-electron chi connectivity index (χ2n) is 2.88. The number of aromatic nitrogens is 1. The van der Waals surface area contributed by atoms with E-state index in [2.05, 4.69) is 20.9 Å². The average Bonchev–Trinajstić information content (AvgIpc) is 2.70.